The van der Waals surface area contributed by atoms with Crippen molar-refractivity contribution in [3.63, 3.8) is 0 Å². The Morgan fingerprint density at radius 3 is 0.917 bits per heavy atom. The van der Waals surface area contributed by atoms with Crippen LogP contribution in [0.15, 0.2) is 91.0 Å². The van der Waals surface area contributed by atoms with E-state index >= 15 is 0 Å². The molecule has 3 aromatic rings. The minimum Gasteiger partial charge on any atom is -0.0622 e. The topological polar surface area (TPSA) is 0 Å². The smallest absolute Gasteiger partial charge is 0 e. The molecule has 0 nitrogen and oxygen atoms in total. The predicted octanol–water partition coefficient (Wildman–Crippen LogP) is 5.51. The van der Waals surface area contributed by atoms with E-state index < -0.39 is 20.9 Å². The van der Waals surface area contributed by atoms with Crippen LogP contribution in [0.4, 0.5) is 0 Å². The second kappa shape index (κ2) is 12.5. The molecule has 0 amide bonds. The first-order valence-electron chi connectivity index (χ1n) is 6.78. The van der Waals surface area contributed by atoms with Crippen molar-refractivity contribution in [2.75, 3.05) is 0 Å². The summed E-state index contributed by atoms with van der Waals surface area (Å²) in [6, 6.07) is 32.3. The van der Waals surface area contributed by atoms with E-state index in [-0.39, 0.29) is 19.5 Å². The van der Waals surface area contributed by atoms with Crippen LogP contribution in [0.5, 0.6) is 0 Å². The minimum absolute atomic E-state index is 0. The molecular weight excluding hydrogens is 559 g/mol. The van der Waals surface area contributed by atoms with E-state index in [0.717, 1.165) is 0 Å². The third-order valence-corrected chi connectivity index (χ3v) is 5.49. The van der Waals surface area contributed by atoms with Gasteiger partial charge in [-0.3, -0.25) is 0 Å². The van der Waals surface area contributed by atoms with Gasteiger partial charge in [-0.25, -0.2) is 0 Å². The zero-order chi connectivity index (χ0) is 16.5. The summed E-state index contributed by atoms with van der Waals surface area (Å²) < 4.78 is 0. The maximum atomic E-state index is 4.94. The van der Waals surface area contributed by atoms with Gasteiger partial charge in [0.05, 0.1) is 0 Å². The summed E-state index contributed by atoms with van der Waals surface area (Å²) in [6.45, 7) is 0. The SMILES string of the molecule is [Cl][Rh]([Cl])[Cl].[Rh].c1ccc(P(c2ccccc2)c2ccccc2)cc1. The molecule has 6 heteroatoms. The van der Waals surface area contributed by atoms with E-state index in [1.54, 1.807) is 0 Å². The van der Waals surface area contributed by atoms with Gasteiger partial charge in [0, 0.05) is 19.5 Å². The van der Waals surface area contributed by atoms with Crippen LogP contribution in [0, 0.1) is 0 Å². The molecule has 0 aliphatic carbocycles. The molecule has 0 aliphatic heterocycles. The van der Waals surface area contributed by atoms with E-state index in [2.05, 4.69) is 91.0 Å². The third kappa shape index (κ3) is 7.62. The van der Waals surface area contributed by atoms with Crippen LogP contribution >= 0.6 is 37.0 Å². The van der Waals surface area contributed by atoms with E-state index in [0.29, 0.717) is 0 Å². The molecule has 0 N–H and O–H groups in total. The minimum atomic E-state index is -1.66. The second-order valence-electron chi connectivity index (χ2n) is 4.48. The van der Waals surface area contributed by atoms with Crippen molar-refractivity contribution in [2.45, 2.75) is 0 Å². The Morgan fingerprint density at radius 2 is 0.708 bits per heavy atom. The molecule has 0 saturated carbocycles. The summed E-state index contributed by atoms with van der Waals surface area (Å²) >= 11 is -1.66. The fourth-order valence-corrected chi connectivity index (χ4v) is 4.48. The first kappa shape index (κ1) is 22.2. The van der Waals surface area contributed by atoms with Crippen LogP contribution in [0.2, 0.25) is 0 Å². The second-order valence-corrected chi connectivity index (χ2v) is 14.2. The number of hydrogen-bond acceptors (Lipinski definition) is 0. The molecule has 3 rings (SSSR count). The van der Waals surface area contributed by atoms with Crippen molar-refractivity contribution < 1.29 is 32.5 Å². The Labute approximate surface area is 175 Å². The Morgan fingerprint density at radius 1 is 0.500 bits per heavy atom. The van der Waals surface area contributed by atoms with E-state index in [1.807, 2.05) is 0 Å². The van der Waals surface area contributed by atoms with Gasteiger partial charge in [-0.2, -0.15) is 0 Å². The summed E-state index contributed by atoms with van der Waals surface area (Å²) in [5.74, 6) is 0. The average molecular weight is 574 g/mol. The van der Waals surface area contributed by atoms with E-state index in [4.69, 9.17) is 29.1 Å². The number of hydrogen-bond donors (Lipinski definition) is 0. The fourth-order valence-electron chi connectivity index (χ4n) is 2.18. The molecule has 24 heavy (non-hydrogen) atoms. The largest absolute Gasteiger partial charge is 0.0622 e. The monoisotopic (exact) mass is 573 g/mol. The van der Waals surface area contributed by atoms with Gasteiger partial charge < -0.3 is 0 Å². The van der Waals surface area contributed by atoms with E-state index in [1.165, 1.54) is 15.9 Å². The van der Waals surface area contributed by atoms with Crippen molar-refractivity contribution in [3.8, 4) is 0 Å². The molecule has 0 heterocycles. The molecule has 131 valence electrons. The number of benzene rings is 3. The normalized spacial score (nSPS) is 10.2. The first-order valence-corrected chi connectivity index (χ1v) is 14.5. The van der Waals surface area contributed by atoms with Crippen LogP contribution < -0.4 is 15.9 Å². The summed E-state index contributed by atoms with van der Waals surface area (Å²) in [5.41, 5.74) is 0. The van der Waals surface area contributed by atoms with Gasteiger partial charge in [0.25, 0.3) is 0 Å². The van der Waals surface area contributed by atoms with Crippen LogP contribution in [0.1, 0.15) is 0 Å². The van der Waals surface area contributed by atoms with Crippen molar-refractivity contribution in [1.29, 1.82) is 0 Å². The third-order valence-electron chi connectivity index (χ3n) is 3.04. The molecular formula is C18H15Cl3PRh2. The number of halogens is 3. The Balaban J connectivity index is 0.000000522. The summed E-state index contributed by atoms with van der Waals surface area (Å²) in [6.07, 6.45) is 0. The predicted molar refractivity (Wildman–Crippen MR) is 103 cm³/mol. The van der Waals surface area contributed by atoms with Gasteiger partial charge in [-0.1, -0.05) is 91.0 Å². The van der Waals surface area contributed by atoms with Crippen LogP contribution in [0.3, 0.4) is 0 Å². The van der Waals surface area contributed by atoms with Crippen molar-refractivity contribution in [2.24, 2.45) is 0 Å². The fraction of sp³-hybridized carbons (Fsp3) is 0. The Kier molecular flexibility index (Phi) is 11.6. The zero-order valence-electron chi connectivity index (χ0n) is 12.4. The zero-order valence-corrected chi connectivity index (χ0v) is 18.8. The molecule has 0 bridgehead atoms. The Hall–Kier alpha value is 0.207. The maximum Gasteiger partial charge on any atom is 0 e. The van der Waals surface area contributed by atoms with Gasteiger partial charge in [0.1, 0.15) is 0 Å². The average Bonchev–Trinajstić information content (AvgIpc) is 2.58. The molecule has 0 spiro atoms. The molecule has 0 atom stereocenters. The molecule has 3 aromatic carbocycles. The maximum absolute atomic E-state index is 4.94. The van der Waals surface area contributed by atoms with Crippen LogP contribution in [-0.4, -0.2) is 0 Å². The van der Waals surface area contributed by atoms with Gasteiger partial charge in [-0.05, 0) is 23.8 Å². The van der Waals surface area contributed by atoms with Gasteiger partial charge in [0.15, 0.2) is 0 Å². The van der Waals surface area contributed by atoms with Gasteiger partial charge >= 0.3 is 42.1 Å². The Bertz CT molecular complexity index is 586. The number of rotatable bonds is 3. The van der Waals surface area contributed by atoms with E-state index in [9.17, 15) is 0 Å². The van der Waals surface area contributed by atoms with Gasteiger partial charge in [0.2, 0.25) is 0 Å². The standard InChI is InChI=1S/C18H15P.3ClH.2Rh/c1-4-10-16(11-5-1)19(17-12-6-2-7-13-17)18-14-8-3-9-15-18;;;;;/h1-15H;3*1H;;/q;;;;;+3/p-3. The summed E-state index contributed by atoms with van der Waals surface area (Å²) in [7, 11) is 14.4. The van der Waals surface area contributed by atoms with Crippen LogP contribution in [0.25, 0.3) is 0 Å². The van der Waals surface area contributed by atoms with Crippen molar-refractivity contribution in [3.05, 3.63) is 91.0 Å². The summed E-state index contributed by atoms with van der Waals surface area (Å²) in [4.78, 5) is 0. The van der Waals surface area contributed by atoms with Crippen molar-refractivity contribution in [1.82, 2.24) is 0 Å². The molecule has 0 fully saturated rings. The summed E-state index contributed by atoms with van der Waals surface area (Å²) in [5, 5.41) is 4.19. The molecule has 0 aromatic heterocycles. The first-order chi connectivity index (χ1) is 11.2. The molecule has 0 saturated heterocycles. The van der Waals surface area contributed by atoms with Crippen LogP contribution in [-0.2, 0) is 32.5 Å². The molecule has 1 radical (unpaired) electrons. The quantitative estimate of drug-likeness (QED) is 0.286. The van der Waals surface area contributed by atoms with Crippen molar-refractivity contribution >= 4 is 52.9 Å². The molecule has 0 aliphatic rings. The van der Waals surface area contributed by atoms with Gasteiger partial charge in [-0.15, -0.1) is 0 Å². The molecule has 0 unspecified atom stereocenters.